The van der Waals surface area contributed by atoms with Crippen LogP contribution in [0.2, 0.25) is 0 Å². The number of hydrogen-bond acceptors (Lipinski definition) is 7. The van der Waals surface area contributed by atoms with Gasteiger partial charge >= 0.3 is 0 Å². The third-order valence-electron chi connectivity index (χ3n) is 6.28. The van der Waals surface area contributed by atoms with Crippen LogP contribution in [0.1, 0.15) is 72.8 Å². The molecule has 2 atom stereocenters. The van der Waals surface area contributed by atoms with Crippen LogP contribution in [0, 0.1) is 12.7 Å². The molecule has 1 aliphatic heterocycles. The van der Waals surface area contributed by atoms with E-state index in [1.165, 1.54) is 19.2 Å². The fraction of sp³-hybridized carbons (Fsp3) is 0.542. The summed E-state index contributed by atoms with van der Waals surface area (Å²) < 4.78 is 71.5. The van der Waals surface area contributed by atoms with E-state index in [1.54, 1.807) is 13.8 Å². The van der Waals surface area contributed by atoms with Crippen LogP contribution in [0.15, 0.2) is 18.2 Å². The first-order valence-corrected chi connectivity index (χ1v) is 11.5. The normalized spacial score (nSPS) is 18.8. The van der Waals surface area contributed by atoms with Crippen molar-refractivity contribution in [3.8, 4) is 0 Å². The van der Waals surface area contributed by atoms with E-state index in [0.29, 0.717) is 12.8 Å². The first kappa shape index (κ1) is 26.2. The second-order valence-corrected chi connectivity index (χ2v) is 8.93. The van der Waals surface area contributed by atoms with Gasteiger partial charge in [-0.15, -0.1) is 0 Å². The lowest BCUT2D eigenvalue weighted by molar-refractivity contribution is -0.133. The number of anilines is 1. The molecular formula is C24H28F4N4O4. The summed E-state index contributed by atoms with van der Waals surface area (Å²) in [6, 6.07) is 2.97. The summed E-state index contributed by atoms with van der Waals surface area (Å²) in [5, 5.41) is 5.73. The molecule has 1 amide bonds. The highest BCUT2D eigenvalue weighted by atomic mass is 19.3. The largest absolute Gasteiger partial charge is 0.365 e. The fourth-order valence-corrected chi connectivity index (χ4v) is 4.14. The van der Waals surface area contributed by atoms with Gasteiger partial charge in [0.2, 0.25) is 0 Å². The number of carbonyl (C=O) groups excluding carboxylic acids is 1. The molecule has 1 aromatic carbocycles. The van der Waals surface area contributed by atoms with Crippen molar-refractivity contribution >= 4 is 11.7 Å². The highest BCUT2D eigenvalue weighted by Gasteiger charge is 2.46. The number of amides is 1. The molecule has 1 aromatic heterocycles. The molecule has 1 saturated carbocycles. The van der Waals surface area contributed by atoms with Crippen LogP contribution in [0.5, 0.6) is 0 Å². The molecule has 1 saturated heterocycles. The average Bonchev–Trinajstić information content (AvgIpc) is 3.39. The van der Waals surface area contributed by atoms with Gasteiger partial charge in [-0.1, -0.05) is 18.2 Å². The Morgan fingerprint density at radius 3 is 2.47 bits per heavy atom. The Morgan fingerprint density at radius 2 is 1.89 bits per heavy atom. The van der Waals surface area contributed by atoms with Crippen molar-refractivity contribution in [2.75, 3.05) is 32.3 Å². The summed E-state index contributed by atoms with van der Waals surface area (Å²) in [6.45, 7) is 3.02. The number of aryl methyl sites for hydroxylation is 1. The number of methoxy groups -OCH3 is 1. The molecule has 2 fully saturated rings. The van der Waals surface area contributed by atoms with Crippen molar-refractivity contribution in [2.45, 2.75) is 57.1 Å². The van der Waals surface area contributed by atoms with Crippen LogP contribution in [0.25, 0.3) is 0 Å². The number of halogens is 4. The van der Waals surface area contributed by atoms with E-state index in [-0.39, 0.29) is 41.7 Å². The quantitative estimate of drug-likeness (QED) is 0.456. The Labute approximate surface area is 205 Å². The molecule has 196 valence electrons. The predicted molar refractivity (Wildman–Crippen MR) is 121 cm³/mol. The molecule has 1 unspecified atom stereocenters. The van der Waals surface area contributed by atoms with Gasteiger partial charge in [-0.25, -0.2) is 27.5 Å². The lowest BCUT2D eigenvalue weighted by Gasteiger charge is -2.26. The summed E-state index contributed by atoms with van der Waals surface area (Å²) >= 11 is 0. The molecule has 2 aliphatic rings. The Kier molecular flexibility index (Phi) is 7.76. The molecule has 2 aromatic rings. The van der Waals surface area contributed by atoms with E-state index in [0.717, 1.165) is 6.07 Å². The number of carbonyl (C=O) groups is 1. The zero-order valence-corrected chi connectivity index (χ0v) is 20.1. The van der Waals surface area contributed by atoms with Gasteiger partial charge in [0.25, 0.3) is 12.3 Å². The second kappa shape index (κ2) is 10.7. The number of nitrogens with zero attached hydrogens (tertiary/aromatic N) is 2. The van der Waals surface area contributed by atoms with Gasteiger partial charge in [0.05, 0.1) is 41.6 Å². The highest BCUT2D eigenvalue weighted by Crippen LogP contribution is 2.39. The lowest BCUT2D eigenvalue weighted by Crippen LogP contribution is -2.42. The maximum Gasteiger partial charge on any atom is 0.266 e. The number of benzene rings is 1. The monoisotopic (exact) mass is 512 g/mol. The number of alkyl halides is 3. The minimum atomic E-state index is -2.97. The zero-order valence-electron chi connectivity index (χ0n) is 20.1. The van der Waals surface area contributed by atoms with E-state index in [9.17, 15) is 22.4 Å². The summed E-state index contributed by atoms with van der Waals surface area (Å²) in [6.07, 6.45) is -4.14. The van der Waals surface area contributed by atoms with Crippen LogP contribution >= 0.6 is 0 Å². The predicted octanol–water partition coefficient (Wildman–Crippen LogP) is 4.39. The van der Waals surface area contributed by atoms with Crippen molar-refractivity contribution in [2.24, 2.45) is 0 Å². The molecule has 1 aliphatic carbocycles. The maximum absolute atomic E-state index is 14.8. The summed E-state index contributed by atoms with van der Waals surface area (Å²) in [4.78, 5) is 21.9. The molecule has 8 nitrogen and oxygen atoms in total. The van der Waals surface area contributed by atoms with Gasteiger partial charge in [-0.3, -0.25) is 4.79 Å². The van der Waals surface area contributed by atoms with Crippen molar-refractivity contribution in [3.63, 3.8) is 0 Å². The van der Waals surface area contributed by atoms with Crippen LogP contribution in [-0.2, 0) is 19.0 Å². The van der Waals surface area contributed by atoms with Crippen molar-refractivity contribution in [1.82, 2.24) is 15.3 Å². The van der Waals surface area contributed by atoms with Gasteiger partial charge in [0.15, 0.2) is 12.4 Å². The van der Waals surface area contributed by atoms with Crippen molar-refractivity contribution in [3.05, 3.63) is 52.2 Å². The van der Waals surface area contributed by atoms with E-state index in [4.69, 9.17) is 14.2 Å². The highest BCUT2D eigenvalue weighted by molar-refractivity contribution is 5.83. The van der Waals surface area contributed by atoms with E-state index < -0.39 is 54.4 Å². The number of nitrogens with one attached hydrogen (secondary N) is 2. The molecular weight excluding hydrogens is 484 g/mol. The Morgan fingerprint density at radius 1 is 1.22 bits per heavy atom. The van der Waals surface area contributed by atoms with E-state index in [1.807, 2.05) is 0 Å². The summed E-state index contributed by atoms with van der Waals surface area (Å²) in [5.41, 5.74) is -1.21. The maximum atomic E-state index is 14.8. The first-order chi connectivity index (χ1) is 17.2. The molecule has 2 heterocycles. The van der Waals surface area contributed by atoms with Crippen molar-refractivity contribution < 1.29 is 36.6 Å². The topological polar surface area (TPSA) is 94.6 Å². The molecule has 0 radical (unpaired) electrons. The van der Waals surface area contributed by atoms with Gasteiger partial charge in [0.1, 0.15) is 24.1 Å². The van der Waals surface area contributed by atoms with Gasteiger partial charge in [-0.05, 0) is 26.7 Å². The molecule has 36 heavy (non-hydrogen) atoms. The van der Waals surface area contributed by atoms with Crippen LogP contribution in [-0.4, -0.2) is 48.4 Å². The van der Waals surface area contributed by atoms with E-state index >= 15 is 0 Å². The Bertz CT molecular complexity index is 1110. The Balaban J connectivity index is 1.73. The summed E-state index contributed by atoms with van der Waals surface area (Å²) in [7, 11) is 1.32. The minimum Gasteiger partial charge on any atom is -0.365 e. The number of ether oxygens (including phenoxy) is 3. The lowest BCUT2D eigenvalue weighted by atomic mass is 10.0. The smallest absolute Gasteiger partial charge is 0.266 e. The van der Waals surface area contributed by atoms with Crippen LogP contribution < -0.4 is 10.6 Å². The number of aromatic nitrogens is 2. The first-order valence-electron chi connectivity index (χ1n) is 11.5. The molecule has 12 heteroatoms. The molecule has 0 spiro atoms. The molecule has 2 N–H and O–H groups in total. The summed E-state index contributed by atoms with van der Waals surface area (Å²) in [5.74, 6) is -1.19. The standard InChI is InChI=1S/C24H28F4N4O4/c1-12(14-5-4-6-15(17(14)26)20(27)28)29-21-16(23-35-9-10-36-23)18(30-13(2)31-21)19(34-3)22(33)32-24(11-25)7-8-24/h4-6,12,19-20,23H,7-11H2,1-3H3,(H,32,33)(H,29,30,31)/t12-,19?/m1/s1. The van der Waals surface area contributed by atoms with Gasteiger partial charge < -0.3 is 24.8 Å². The van der Waals surface area contributed by atoms with Gasteiger partial charge in [-0.2, -0.15) is 0 Å². The van der Waals surface area contributed by atoms with Crippen LogP contribution in [0.4, 0.5) is 23.4 Å². The minimum absolute atomic E-state index is 0.00415. The van der Waals surface area contributed by atoms with Crippen LogP contribution in [0.3, 0.4) is 0 Å². The number of rotatable bonds is 10. The Hall–Kier alpha value is -2.83. The third-order valence-corrected chi connectivity index (χ3v) is 6.28. The average molecular weight is 513 g/mol. The number of hydrogen-bond donors (Lipinski definition) is 2. The van der Waals surface area contributed by atoms with Gasteiger partial charge in [0, 0.05) is 12.7 Å². The molecule has 0 bridgehead atoms. The zero-order chi connectivity index (χ0) is 26.0. The van der Waals surface area contributed by atoms with Crippen molar-refractivity contribution in [1.29, 1.82) is 0 Å². The molecule has 4 rings (SSSR count). The van der Waals surface area contributed by atoms with E-state index in [2.05, 4.69) is 20.6 Å². The SMILES string of the molecule is COC(C(=O)NC1(CF)CC1)c1nc(C)nc(N[C@H](C)c2cccc(C(F)F)c2F)c1C1OCCO1. The second-order valence-electron chi connectivity index (χ2n) is 8.93. The third kappa shape index (κ3) is 5.30. The fourth-order valence-electron chi connectivity index (χ4n) is 4.14.